The van der Waals surface area contributed by atoms with Crippen LogP contribution in [-0.4, -0.2) is 76.9 Å². The van der Waals surface area contributed by atoms with Gasteiger partial charge >= 0.3 is 0 Å². The molecular formula is C24H30Cl2N4O4. The number of nitrogens with zero attached hydrogens (tertiary/aromatic N) is 4. The number of carbonyl (C=O) groups is 2. The summed E-state index contributed by atoms with van der Waals surface area (Å²) < 4.78 is 13.3. The van der Waals surface area contributed by atoms with Gasteiger partial charge in [-0.25, -0.2) is 0 Å². The van der Waals surface area contributed by atoms with Crippen LogP contribution in [0.25, 0.3) is 0 Å². The molecule has 2 saturated heterocycles. The lowest BCUT2D eigenvalue weighted by Crippen LogP contribution is -2.50. The Morgan fingerprint density at radius 1 is 1.18 bits per heavy atom. The van der Waals surface area contributed by atoms with Gasteiger partial charge in [-0.15, -0.1) is 0 Å². The van der Waals surface area contributed by atoms with Crippen molar-refractivity contribution in [2.75, 3.05) is 39.4 Å². The van der Waals surface area contributed by atoms with E-state index < -0.39 is 0 Å². The van der Waals surface area contributed by atoms with E-state index in [0.29, 0.717) is 68.2 Å². The topological polar surface area (TPSA) is 76.9 Å². The Kier molecular flexibility index (Phi) is 8.34. The molecular weight excluding hydrogens is 479 g/mol. The second-order valence-electron chi connectivity index (χ2n) is 8.70. The lowest BCUT2D eigenvalue weighted by molar-refractivity contribution is -0.137. The molecule has 0 bridgehead atoms. The van der Waals surface area contributed by atoms with Crippen LogP contribution >= 0.6 is 23.2 Å². The first kappa shape index (κ1) is 24.8. The van der Waals surface area contributed by atoms with Gasteiger partial charge in [0.05, 0.1) is 18.2 Å². The SMILES string of the molecule is CCCn1cc(Cl)c(C(=O)N2CC[C@H](Oc3cccc(Cl)c3)[C@@H](CC(=O)N3CCOCC3)C2)n1. The molecule has 184 valence electrons. The zero-order chi connectivity index (χ0) is 24.1. The number of aromatic nitrogens is 2. The fraction of sp³-hybridized carbons (Fsp3) is 0.542. The first-order valence-corrected chi connectivity index (χ1v) is 12.5. The minimum Gasteiger partial charge on any atom is -0.490 e. The van der Waals surface area contributed by atoms with E-state index in [9.17, 15) is 9.59 Å². The van der Waals surface area contributed by atoms with Gasteiger partial charge in [0.1, 0.15) is 11.9 Å². The van der Waals surface area contributed by atoms with Crippen molar-refractivity contribution >= 4 is 35.0 Å². The Balaban J connectivity index is 1.50. The molecule has 0 spiro atoms. The fourth-order valence-corrected chi connectivity index (χ4v) is 4.87. The Bertz CT molecular complexity index is 1010. The average molecular weight is 509 g/mol. The van der Waals surface area contributed by atoms with E-state index in [2.05, 4.69) is 5.10 Å². The highest BCUT2D eigenvalue weighted by Crippen LogP contribution is 2.29. The molecule has 0 N–H and O–H groups in total. The maximum Gasteiger partial charge on any atom is 0.275 e. The zero-order valence-electron chi connectivity index (χ0n) is 19.3. The number of ether oxygens (including phenoxy) is 2. The molecule has 0 unspecified atom stereocenters. The van der Waals surface area contributed by atoms with Crippen LogP contribution in [-0.2, 0) is 16.1 Å². The van der Waals surface area contributed by atoms with Gasteiger partial charge in [0.2, 0.25) is 5.91 Å². The van der Waals surface area contributed by atoms with E-state index in [1.54, 1.807) is 27.9 Å². The van der Waals surface area contributed by atoms with Crippen LogP contribution < -0.4 is 4.74 Å². The molecule has 8 nitrogen and oxygen atoms in total. The van der Waals surface area contributed by atoms with Crippen LogP contribution in [0.3, 0.4) is 0 Å². The van der Waals surface area contributed by atoms with Crippen LogP contribution in [0.2, 0.25) is 10.0 Å². The number of likely N-dealkylation sites (tertiary alicyclic amines) is 1. The van der Waals surface area contributed by atoms with Crippen LogP contribution in [0.5, 0.6) is 5.75 Å². The second-order valence-corrected chi connectivity index (χ2v) is 9.54. The van der Waals surface area contributed by atoms with Crippen molar-refractivity contribution in [1.82, 2.24) is 19.6 Å². The summed E-state index contributed by atoms with van der Waals surface area (Å²) in [6.07, 6.45) is 3.23. The summed E-state index contributed by atoms with van der Waals surface area (Å²) in [4.78, 5) is 29.9. The fourth-order valence-electron chi connectivity index (χ4n) is 4.46. The standard InChI is InChI=1S/C24H30Cl2N4O4/c1-2-7-30-16-20(26)23(27-30)24(32)29-8-6-21(34-19-5-3-4-18(25)14-19)17(15-29)13-22(31)28-9-11-33-12-10-28/h3-5,14,16-17,21H,2,6-13,15H2,1H3/t17-,21-/m0/s1. The van der Waals surface area contributed by atoms with Gasteiger partial charge in [0.25, 0.3) is 5.91 Å². The second kappa shape index (κ2) is 11.4. The van der Waals surface area contributed by atoms with Crippen molar-refractivity contribution < 1.29 is 19.1 Å². The molecule has 2 aliphatic rings. The number of hydrogen-bond donors (Lipinski definition) is 0. The number of amides is 2. The highest BCUT2D eigenvalue weighted by Gasteiger charge is 2.37. The molecule has 2 aromatic rings. The number of carbonyl (C=O) groups excluding carboxylic acids is 2. The average Bonchev–Trinajstić information content (AvgIpc) is 3.20. The summed E-state index contributed by atoms with van der Waals surface area (Å²) in [6.45, 7) is 5.86. The van der Waals surface area contributed by atoms with Gasteiger partial charge < -0.3 is 19.3 Å². The van der Waals surface area contributed by atoms with Crippen LogP contribution in [0.15, 0.2) is 30.5 Å². The molecule has 2 aliphatic heterocycles. The third-order valence-electron chi connectivity index (χ3n) is 6.21. The number of piperidine rings is 1. The van der Waals surface area contributed by atoms with Crippen LogP contribution in [0.1, 0.15) is 36.7 Å². The predicted molar refractivity (Wildman–Crippen MR) is 129 cm³/mol. The summed E-state index contributed by atoms with van der Waals surface area (Å²) in [5.41, 5.74) is 0.252. The van der Waals surface area contributed by atoms with Gasteiger partial charge in [-0.1, -0.05) is 36.2 Å². The maximum atomic E-state index is 13.3. The molecule has 2 fully saturated rings. The molecule has 0 aliphatic carbocycles. The molecule has 2 atom stereocenters. The van der Waals surface area contributed by atoms with Crippen molar-refractivity contribution in [1.29, 1.82) is 0 Å². The normalized spacial score (nSPS) is 20.9. The van der Waals surface area contributed by atoms with Gasteiger partial charge in [0.15, 0.2) is 5.69 Å². The number of morpholine rings is 1. The van der Waals surface area contributed by atoms with E-state index >= 15 is 0 Å². The molecule has 0 radical (unpaired) electrons. The Hall–Kier alpha value is -2.29. The lowest BCUT2D eigenvalue weighted by Gasteiger charge is -2.39. The first-order valence-electron chi connectivity index (χ1n) is 11.7. The highest BCUT2D eigenvalue weighted by atomic mass is 35.5. The van der Waals surface area contributed by atoms with E-state index in [-0.39, 0.29) is 36.0 Å². The third kappa shape index (κ3) is 6.03. The highest BCUT2D eigenvalue weighted by molar-refractivity contribution is 6.33. The monoisotopic (exact) mass is 508 g/mol. The third-order valence-corrected chi connectivity index (χ3v) is 6.72. The zero-order valence-corrected chi connectivity index (χ0v) is 20.8. The number of aryl methyl sites for hydroxylation is 1. The van der Waals surface area contributed by atoms with E-state index in [4.69, 9.17) is 32.7 Å². The van der Waals surface area contributed by atoms with E-state index in [0.717, 1.165) is 6.42 Å². The maximum absolute atomic E-state index is 13.3. The Labute approximate surface area is 209 Å². The molecule has 10 heteroatoms. The van der Waals surface area contributed by atoms with Crippen molar-refractivity contribution in [3.8, 4) is 5.75 Å². The molecule has 3 heterocycles. The quantitative estimate of drug-likeness (QED) is 0.568. The van der Waals surface area contributed by atoms with Crippen molar-refractivity contribution in [3.05, 3.63) is 46.2 Å². The molecule has 1 aromatic carbocycles. The first-order chi connectivity index (χ1) is 16.4. The smallest absolute Gasteiger partial charge is 0.275 e. The molecule has 34 heavy (non-hydrogen) atoms. The summed E-state index contributed by atoms with van der Waals surface area (Å²) >= 11 is 12.5. The van der Waals surface area contributed by atoms with Crippen molar-refractivity contribution in [2.45, 2.75) is 38.8 Å². The number of rotatable bonds is 7. The van der Waals surface area contributed by atoms with Crippen molar-refractivity contribution in [2.24, 2.45) is 5.92 Å². The Morgan fingerprint density at radius 2 is 1.97 bits per heavy atom. The largest absolute Gasteiger partial charge is 0.490 e. The molecule has 4 rings (SSSR count). The predicted octanol–water partition coefficient (Wildman–Crippen LogP) is 3.76. The summed E-state index contributed by atoms with van der Waals surface area (Å²) in [5.74, 6) is 0.309. The molecule has 1 aromatic heterocycles. The molecule has 0 saturated carbocycles. The van der Waals surface area contributed by atoms with Gasteiger partial charge in [-0.2, -0.15) is 5.10 Å². The van der Waals surface area contributed by atoms with E-state index in [1.807, 2.05) is 24.0 Å². The lowest BCUT2D eigenvalue weighted by atomic mass is 9.90. The van der Waals surface area contributed by atoms with Gasteiger partial charge in [-0.3, -0.25) is 14.3 Å². The summed E-state index contributed by atoms with van der Waals surface area (Å²) in [6, 6.07) is 7.24. The van der Waals surface area contributed by atoms with E-state index in [1.165, 1.54) is 0 Å². The van der Waals surface area contributed by atoms with Crippen molar-refractivity contribution in [3.63, 3.8) is 0 Å². The Morgan fingerprint density at radius 3 is 2.71 bits per heavy atom. The molecule has 2 amide bonds. The van der Waals surface area contributed by atoms with Crippen LogP contribution in [0, 0.1) is 5.92 Å². The van der Waals surface area contributed by atoms with Gasteiger partial charge in [-0.05, 0) is 24.6 Å². The summed E-state index contributed by atoms with van der Waals surface area (Å²) in [7, 11) is 0. The number of benzene rings is 1. The number of halogens is 2. The number of hydrogen-bond acceptors (Lipinski definition) is 5. The van der Waals surface area contributed by atoms with Crippen LogP contribution in [0.4, 0.5) is 0 Å². The summed E-state index contributed by atoms with van der Waals surface area (Å²) in [5, 5.41) is 5.32. The minimum atomic E-state index is -0.222. The minimum absolute atomic E-state index is 0.0487. The van der Waals surface area contributed by atoms with Gasteiger partial charge in [0, 0.05) is 62.7 Å².